The molecule has 2 rings (SSSR count). The van der Waals surface area contributed by atoms with Gasteiger partial charge in [0, 0.05) is 19.0 Å². The molecule has 1 aromatic carbocycles. The molecule has 0 saturated carbocycles. The van der Waals surface area contributed by atoms with Crippen molar-refractivity contribution in [3.8, 4) is 0 Å². The maximum Gasteiger partial charge on any atom is 0.257 e. The van der Waals surface area contributed by atoms with Gasteiger partial charge in [0.05, 0.1) is 6.20 Å². The van der Waals surface area contributed by atoms with Crippen molar-refractivity contribution < 1.29 is 8.42 Å². The van der Waals surface area contributed by atoms with Gasteiger partial charge in [0.15, 0.2) is 5.03 Å². The summed E-state index contributed by atoms with van der Waals surface area (Å²) in [6, 6.07) is 9.42. The summed E-state index contributed by atoms with van der Waals surface area (Å²) in [7, 11) is -3.55. The largest absolute Gasteiger partial charge is 0.332 e. The Labute approximate surface area is 124 Å². The van der Waals surface area contributed by atoms with Gasteiger partial charge >= 0.3 is 0 Å². The van der Waals surface area contributed by atoms with Crippen LogP contribution in [0.3, 0.4) is 0 Å². The van der Waals surface area contributed by atoms with E-state index < -0.39 is 10.0 Å². The van der Waals surface area contributed by atoms with Crippen LogP contribution in [-0.4, -0.2) is 24.9 Å². The molecule has 0 saturated heterocycles. The zero-order chi connectivity index (χ0) is 15.3. The molecule has 0 amide bonds. The normalized spacial score (nSPS) is 13.2. The first-order chi connectivity index (χ1) is 10.0. The van der Waals surface area contributed by atoms with Gasteiger partial charge in [-0.25, -0.2) is 18.1 Å². The Morgan fingerprint density at radius 2 is 2.05 bits per heavy atom. The molecule has 4 N–H and O–H groups in total. The molecule has 7 heteroatoms. The fraction of sp³-hybridized carbons (Fsp3) is 0.357. The van der Waals surface area contributed by atoms with Crippen LogP contribution in [0.25, 0.3) is 0 Å². The van der Waals surface area contributed by atoms with Crippen molar-refractivity contribution >= 4 is 10.0 Å². The van der Waals surface area contributed by atoms with Crippen LogP contribution in [0.15, 0.2) is 41.6 Å². The minimum Gasteiger partial charge on any atom is -0.332 e. The van der Waals surface area contributed by atoms with Crippen molar-refractivity contribution in [2.75, 3.05) is 6.54 Å². The first-order valence-corrected chi connectivity index (χ1v) is 8.35. The number of rotatable bonds is 7. The molecule has 1 aromatic heterocycles. The topological polar surface area (TPSA) is 101 Å². The number of imidazole rings is 1. The van der Waals surface area contributed by atoms with Crippen molar-refractivity contribution in [3.05, 3.63) is 47.9 Å². The van der Waals surface area contributed by atoms with Gasteiger partial charge in [0.25, 0.3) is 10.0 Å². The molecule has 0 bridgehead atoms. The highest BCUT2D eigenvalue weighted by Crippen LogP contribution is 2.13. The number of aromatic nitrogens is 2. The standard InChI is InChI=1S/C14H20N4O2S/c1-2-13-16-10-14(18-13)21(19,20)17-9-8-12(15)11-6-4-3-5-7-11/h3-7,10,12,17H,2,8-9,15H2,1H3,(H,16,18). The second kappa shape index (κ2) is 6.84. The first-order valence-electron chi connectivity index (χ1n) is 6.87. The molecule has 1 unspecified atom stereocenters. The highest BCUT2D eigenvalue weighted by molar-refractivity contribution is 7.89. The van der Waals surface area contributed by atoms with E-state index in [1.54, 1.807) is 0 Å². The summed E-state index contributed by atoms with van der Waals surface area (Å²) in [6.45, 7) is 2.18. The second-order valence-corrected chi connectivity index (χ2v) is 6.49. The molecule has 0 aliphatic rings. The number of hydrogen-bond acceptors (Lipinski definition) is 4. The van der Waals surface area contributed by atoms with Crippen LogP contribution < -0.4 is 10.5 Å². The van der Waals surface area contributed by atoms with Crippen LogP contribution in [-0.2, 0) is 16.4 Å². The summed E-state index contributed by atoms with van der Waals surface area (Å²) in [6.07, 6.45) is 2.52. The fourth-order valence-corrected chi connectivity index (χ4v) is 2.94. The van der Waals surface area contributed by atoms with E-state index in [2.05, 4.69) is 14.7 Å². The molecular weight excluding hydrogens is 288 g/mol. The van der Waals surface area contributed by atoms with E-state index in [9.17, 15) is 8.42 Å². The molecule has 0 aliphatic carbocycles. The number of H-pyrrole nitrogens is 1. The molecule has 114 valence electrons. The molecule has 0 fully saturated rings. The van der Waals surface area contributed by atoms with E-state index in [1.807, 2.05) is 37.3 Å². The summed E-state index contributed by atoms with van der Waals surface area (Å²) in [5.41, 5.74) is 7.03. The summed E-state index contributed by atoms with van der Waals surface area (Å²) < 4.78 is 26.6. The molecule has 0 radical (unpaired) electrons. The van der Waals surface area contributed by atoms with Crippen molar-refractivity contribution in [2.24, 2.45) is 5.73 Å². The van der Waals surface area contributed by atoms with Crippen LogP contribution in [0.5, 0.6) is 0 Å². The maximum absolute atomic E-state index is 12.1. The Morgan fingerprint density at radius 1 is 1.33 bits per heavy atom. The van der Waals surface area contributed by atoms with Crippen LogP contribution in [0.4, 0.5) is 0 Å². The SMILES string of the molecule is CCc1ncc(S(=O)(=O)NCCC(N)c2ccccc2)[nH]1. The van der Waals surface area contributed by atoms with Gasteiger partial charge in [0.1, 0.15) is 5.82 Å². The lowest BCUT2D eigenvalue weighted by Crippen LogP contribution is -2.27. The number of hydrogen-bond donors (Lipinski definition) is 3. The lowest BCUT2D eigenvalue weighted by atomic mass is 10.1. The molecular formula is C14H20N4O2S. The number of nitrogens with zero attached hydrogens (tertiary/aromatic N) is 1. The van der Waals surface area contributed by atoms with E-state index in [1.165, 1.54) is 6.20 Å². The zero-order valence-corrected chi connectivity index (χ0v) is 12.7. The Bertz CT molecular complexity index is 667. The predicted molar refractivity (Wildman–Crippen MR) is 81.1 cm³/mol. The van der Waals surface area contributed by atoms with E-state index in [0.717, 1.165) is 5.56 Å². The minimum absolute atomic E-state index is 0.0904. The average molecular weight is 308 g/mol. The second-order valence-electron chi connectivity index (χ2n) is 4.75. The molecule has 21 heavy (non-hydrogen) atoms. The first kappa shape index (κ1) is 15.7. The van der Waals surface area contributed by atoms with Crippen LogP contribution in [0.2, 0.25) is 0 Å². The van der Waals surface area contributed by atoms with Crippen LogP contribution in [0, 0.1) is 0 Å². The number of nitrogens with two attached hydrogens (primary N) is 1. The van der Waals surface area contributed by atoms with Gasteiger partial charge in [-0.3, -0.25) is 0 Å². The molecule has 0 spiro atoms. The monoisotopic (exact) mass is 308 g/mol. The molecule has 1 heterocycles. The third kappa shape index (κ3) is 4.13. The Kier molecular flexibility index (Phi) is 5.11. The summed E-state index contributed by atoms with van der Waals surface area (Å²) in [5, 5.41) is 0.0904. The number of benzene rings is 1. The van der Waals surface area contributed by atoms with Gasteiger partial charge in [0.2, 0.25) is 0 Å². The third-order valence-corrected chi connectivity index (χ3v) is 4.58. The highest BCUT2D eigenvalue weighted by Gasteiger charge is 2.17. The summed E-state index contributed by atoms with van der Waals surface area (Å²) >= 11 is 0. The van der Waals surface area contributed by atoms with Crippen molar-refractivity contribution in [3.63, 3.8) is 0 Å². The smallest absolute Gasteiger partial charge is 0.257 e. The van der Waals surface area contributed by atoms with E-state index in [4.69, 9.17) is 5.73 Å². The third-order valence-electron chi connectivity index (χ3n) is 3.20. The van der Waals surface area contributed by atoms with E-state index >= 15 is 0 Å². The van der Waals surface area contributed by atoms with Gasteiger partial charge in [-0.1, -0.05) is 37.3 Å². The lowest BCUT2D eigenvalue weighted by molar-refractivity contribution is 0.566. The quantitative estimate of drug-likeness (QED) is 0.718. The van der Waals surface area contributed by atoms with Crippen LogP contribution >= 0.6 is 0 Å². The average Bonchev–Trinajstić information content (AvgIpc) is 2.98. The van der Waals surface area contributed by atoms with Gasteiger partial charge in [-0.15, -0.1) is 0 Å². The maximum atomic E-state index is 12.1. The predicted octanol–water partition coefficient (Wildman–Crippen LogP) is 1.34. The van der Waals surface area contributed by atoms with Crippen molar-refractivity contribution in [2.45, 2.75) is 30.8 Å². The number of sulfonamides is 1. The van der Waals surface area contributed by atoms with Gasteiger partial charge < -0.3 is 10.7 Å². The van der Waals surface area contributed by atoms with Gasteiger partial charge in [-0.05, 0) is 12.0 Å². The van der Waals surface area contributed by atoms with Crippen molar-refractivity contribution in [1.29, 1.82) is 0 Å². The lowest BCUT2D eigenvalue weighted by Gasteiger charge is -2.12. The summed E-state index contributed by atoms with van der Waals surface area (Å²) in [4.78, 5) is 6.77. The summed E-state index contributed by atoms with van der Waals surface area (Å²) in [5.74, 6) is 0.649. The minimum atomic E-state index is -3.55. The number of aromatic amines is 1. The van der Waals surface area contributed by atoms with E-state index in [-0.39, 0.29) is 17.6 Å². The van der Waals surface area contributed by atoms with Gasteiger partial charge in [-0.2, -0.15) is 0 Å². The fourth-order valence-electron chi connectivity index (χ4n) is 1.95. The van der Waals surface area contributed by atoms with Crippen molar-refractivity contribution in [1.82, 2.24) is 14.7 Å². The zero-order valence-electron chi connectivity index (χ0n) is 11.9. The number of aryl methyl sites for hydroxylation is 1. The Hall–Kier alpha value is -1.70. The molecule has 2 aromatic rings. The highest BCUT2D eigenvalue weighted by atomic mass is 32.2. The van der Waals surface area contributed by atoms with Crippen LogP contribution in [0.1, 0.15) is 30.8 Å². The molecule has 6 nitrogen and oxygen atoms in total. The molecule has 0 aliphatic heterocycles. The van der Waals surface area contributed by atoms with E-state index in [0.29, 0.717) is 18.7 Å². The number of nitrogens with one attached hydrogen (secondary N) is 2. The molecule has 1 atom stereocenters. The Morgan fingerprint density at radius 3 is 2.67 bits per heavy atom. The Balaban J connectivity index is 1.90.